The van der Waals surface area contributed by atoms with Crippen molar-refractivity contribution in [3.63, 3.8) is 0 Å². The van der Waals surface area contributed by atoms with E-state index in [9.17, 15) is 12.8 Å². The molecule has 1 aromatic heterocycles. The SMILES string of the molecule is O=S(=O)(Cl)c1cnn(Cc2cccc(F)c2)c1. The Morgan fingerprint density at radius 1 is 1.41 bits per heavy atom. The summed E-state index contributed by atoms with van der Waals surface area (Å²) in [6.07, 6.45) is 2.45. The second-order valence-electron chi connectivity index (χ2n) is 3.44. The van der Waals surface area contributed by atoms with Crippen LogP contribution >= 0.6 is 10.7 Å². The van der Waals surface area contributed by atoms with E-state index >= 15 is 0 Å². The van der Waals surface area contributed by atoms with Gasteiger partial charge in [0.15, 0.2) is 0 Å². The Labute approximate surface area is 102 Å². The van der Waals surface area contributed by atoms with Crippen molar-refractivity contribution in [1.29, 1.82) is 0 Å². The standard InChI is InChI=1S/C10H8ClFN2O2S/c11-17(15,16)10-5-13-14(7-10)6-8-2-1-3-9(12)4-8/h1-5,7H,6H2. The third kappa shape index (κ3) is 3.04. The Morgan fingerprint density at radius 3 is 2.76 bits per heavy atom. The molecule has 4 nitrogen and oxygen atoms in total. The summed E-state index contributed by atoms with van der Waals surface area (Å²) in [5.41, 5.74) is 0.687. The Bertz CT molecular complexity index is 639. The van der Waals surface area contributed by atoms with Crippen LogP contribution in [0, 0.1) is 5.82 Å². The predicted molar refractivity (Wildman–Crippen MR) is 60.8 cm³/mol. The molecule has 17 heavy (non-hydrogen) atoms. The molecule has 0 fully saturated rings. The van der Waals surface area contributed by atoms with E-state index in [4.69, 9.17) is 10.7 Å². The molecule has 0 bridgehead atoms. The lowest BCUT2D eigenvalue weighted by atomic mass is 10.2. The van der Waals surface area contributed by atoms with Crippen molar-refractivity contribution < 1.29 is 12.8 Å². The fraction of sp³-hybridized carbons (Fsp3) is 0.100. The lowest BCUT2D eigenvalue weighted by molar-refractivity contribution is 0.608. The molecule has 1 heterocycles. The average Bonchev–Trinajstić information content (AvgIpc) is 2.65. The first kappa shape index (κ1) is 12.1. The largest absolute Gasteiger partial charge is 0.267 e. The molecule has 0 amide bonds. The maximum atomic E-state index is 12.9. The highest BCUT2D eigenvalue weighted by Crippen LogP contribution is 2.14. The number of aromatic nitrogens is 2. The van der Waals surface area contributed by atoms with Gasteiger partial charge in [-0.15, -0.1) is 0 Å². The smallest absolute Gasteiger partial charge is 0.264 e. The molecule has 90 valence electrons. The first-order valence-electron chi connectivity index (χ1n) is 4.67. The Kier molecular flexibility index (Phi) is 3.17. The number of nitrogens with zero attached hydrogens (tertiary/aromatic N) is 2. The molecule has 0 unspecified atom stereocenters. The van der Waals surface area contributed by atoms with Crippen LogP contribution in [0.4, 0.5) is 4.39 Å². The van der Waals surface area contributed by atoms with Crippen molar-refractivity contribution >= 4 is 19.7 Å². The Balaban J connectivity index is 2.23. The summed E-state index contributed by atoms with van der Waals surface area (Å²) in [7, 11) is 1.39. The molecule has 1 aromatic carbocycles. The molecule has 7 heteroatoms. The number of hydrogen-bond donors (Lipinski definition) is 0. The highest BCUT2D eigenvalue weighted by atomic mass is 35.7. The third-order valence-corrected chi connectivity index (χ3v) is 3.43. The van der Waals surface area contributed by atoms with Crippen LogP contribution in [0.5, 0.6) is 0 Å². The second-order valence-corrected chi connectivity index (χ2v) is 6.01. The minimum Gasteiger partial charge on any atom is -0.267 e. The van der Waals surface area contributed by atoms with Gasteiger partial charge < -0.3 is 0 Å². The van der Waals surface area contributed by atoms with E-state index < -0.39 is 9.05 Å². The van der Waals surface area contributed by atoms with E-state index in [2.05, 4.69) is 5.10 Å². The van der Waals surface area contributed by atoms with Crippen molar-refractivity contribution in [2.75, 3.05) is 0 Å². The van der Waals surface area contributed by atoms with E-state index in [-0.39, 0.29) is 17.3 Å². The van der Waals surface area contributed by atoms with E-state index in [1.807, 2.05) is 0 Å². The van der Waals surface area contributed by atoms with E-state index in [0.29, 0.717) is 5.56 Å². The van der Waals surface area contributed by atoms with Crippen LogP contribution < -0.4 is 0 Å². The quantitative estimate of drug-likeness (QED) is 0.805. The van der Waals surface area contributed by atoms with Gasteiger partial charge in [0.05, 0.1) is 12.7 Å². The van der Waals surface area contributed by atoms with Gasteiger partial charge in [-0.05, 0) is 17.7 Å². The maximum Gasteiger partial charge on any atom is 0.264 e. The summed E-state index contributed by atoms with van der Waals surface area (Å²) in [5.74, 6) is -0.347. The summed E-state index contributed by atoms with van der Waals surface area (Å²) in [5, 5.41) is 3.84. The van der Waals surface area contributed by atoms with Crippen LogP contribution in [0.25, 0.3) is 0 Å². The van der Waals surface area contributed by atoms with Gasteiger partial charge in [-0.25, -0.2) is 12.8 Å². The topological polar surface area (TPSA) is 52.0 Å². The minimum absolute atomic E-state index is 0.0735. The van der Waals surface area contributed by atoms with Crippen molar-refractivity contribution in [2.45, 2.75) is 11.4 Å². The number of halogens is 2. The van der Waals surface area contributed by atoms with Gasteiger partial charge in [-0.1, -0.05) is 12.1 Å². The predicted octanol–water partition coefficient (Wildman–Crippen LogP) is 2.00. The van der Waals surface area contributed by atoms with E-state index in [0.717, 1.165) is 6.20 Å². The minimum atomic E-state index is -3.77. The molecule has 0 saturated carbocycles. The van der Waals surface area contributed by atoms with Crippen LogP contribution in [-0.4, -0.2) is 18.2 Å². The molecule has 0 atom stereocenters. The van der Waals surface area contributed by atoms with Crippen molar-refractivity contribution in [2.24, 2.45) is 0 Å². The highest BCUT2D eigenvalue weighted by molar-refractivity contribution is 8.13. The monoisotopic (exact) mass is 274 g/mol. The summed E-state index contributed by atoms with van der Waals surface area (Å²) in [4.78, 5) is -0.0735. The number of benzene rings is 1. The zero-order valence-corrected chi connectivity index (χ0v) is 10.1. The summed E-state index contributed by atoms with van der Waals surface area (Å²) >= 11 is 0. The van der Waals surface area contributed by atoms with Crippen molar-refractivity contribution in [3.8, 4) is 0 Å². The number of rotatable bonds is 3. The van der Waals surface area contributed by atoms with Crippen molar-refractivity contribution in [1.82, 2.24) is 9.78 Å². The molecule has 2 rings (SSSR count). The molecule has 0 radical (unpaired) electrons. The van der Waals surface area contributed by atoms with Crippen LogP contribution in [0.15, 0.2) is 41.6 Å². The molecule has 0 aliphatic carbocycles. The first-order valence-corrected chi connectivity index (χ1v) is 6.97. The Morgan fingerprint density at radius 2 is 2.18 bits per heavy atom. The lowest BCUT2D eigenvalue weighted by Crippen LogP contribution is -2.00. The molecule has 0 N–H and O–H groups in total. The maximum absolute atomic E-state index is 12.9. The van der Waals surface area contributed by atoms with Crippen LogP contribution in [0.3, 0.4) is 0 Å². The molecule has 2 aromatic rings. The molecule has 0 aliphatic heterocycles. The Hall–Kier alpha value is -1.40. The van der Waals surface area contributed by atoms with E-state index in [1.54, 1.807) is 12.1 Å². The van der Waals surface area contributed by atoms with Crippen LogP contribution in [-0.2, 0) is 15.6 Å². The van der Waals surface area contributed by atoms with Gasteiger partial charge in [0, 0.05) is 16.9 Å². The van der Waals surface area contributed by atoms with Gasteiger partial charge in [0.2, 0.25) is 0 Å². The van der Waals surface area contributed by atoms with Gasteiger partial charge >= 0.3 is 0 Å². The van der Waals surface area contributed by atoms with E-state index in [1.165, 1.54) is 23.0 Å². The second kappa shape index (κ2) is 4.46. The highest BCUT2D eigenvalue weighted by Gasteiger charge is 2.12. The molecule has 0 spiro atoms. The summed E-state index contributed by atoms with van der Waals surface area (Å²) in [6.45, 7) is 0.282. The molecule has 0 aliphatic rings. The third-order valence-electron chi connectivity index (χ3n) is 2.12. The van der Waals surface area contributed by atoms with Crippen LogP contribution in [0.1, 0.15) is 5.56 Å². The van der Waals surface area contributed by atoms with Gasteiger partial charge in [-0.3, -0.25) is 4.68 Å². The van der Waals surface area contributed by atoms with Gasteiger partial charge in [0.1, 0.15) is 10.7 Å². The zero-order valence-electron chi connectivity index (χ0n) is 8.55. The van der Waals surface area contributed by atoms with Crippen molar-refractivity contribution in [3.05, 3.63) is 48.0 Å². The molecular weight excluding hydrogens is 267 g/mol. The zero-order chi connectivity index (χ0) is 12.5. The van der Waals surface area contributed by atoms with Crippen LogP contribution in [0.2, 0.25) is 0 Å². The molecular formula is C10H8ClFN2O2S. The summed E-state index contributed by atoms with van der Waals surface area (Å²) < 4.78 is 36.3. The average molecular weight is 275 g/mol. The lowest BCUT2D eigenvalue weighted by Gasteiger charge is -2.01. The van der Waals surface area contributed by atoms with Gasteiger partial charge in [-0.2, -0.15) is 5.10 Å². The number of hydrogen-bond acceptors (Lipinski definition) is 3. The molecule has 0 saturated heterocycles. The fourth-order valence-electron chi connectivity index (χ4n) is 1.38. The first-order chi connectivity index (χ1) is 7.95. The summed E-state index contributed by atoms with van der Waals surface area (Å²) in [6, 6.07) is 5.99. The fourth-order valence-corrected chi connectivity index (χ4v) is 2.04. The van der Waals surface area contributed by atoms with Gasteiger partial charge in [0.25, 0.3) is 9.05 Å². The normalized spacial score (nSPS) is 11.6.